The lowest BCUT2D eigenvalue weighted by Crippen LogP contribution is -2.40. The molecule has 1 saturated carbocycles. The van der Waals surface area contributed by atoms with E-state index in [-0.39, 0.29) is 30.0 Å². The maximum Gasteiger partial charge on any atom is 0.345 e. The van der Waals surface area contributed by atoms with E-state index in [0.717, 1.165) is 12.8 Å². The molecule has 0 aromatic rings. The van der Waals surface area contributed by atoms with E-state index >= 15 is 0 Å². The summed E-state index contributed by atoms with van der Waals surface area (Å²) >= 11 is 0. The van der Waals surface area contributed by atoms with E-state index in [1.165, 1.54) is 0 Å². The molecule has 4 nitrogen and oxygen atoms in total. The van der Waals surface area contributed by atoms with Crippen LogP contribution in [-0.2, 0) is 14.3 Å². The van der Waals surface area contributed by atoms with Crippen molar-refractivity contribution in [2.75, 3.05) is 0 Å². The Morgan fingerprint density at radius 3 is 2.65 bits per heavy atom. The van der Waals surface area contributed by atoms with Gasteiger partial charge in [0.2, 0.25) is 0 Å². The number of cyclic esters (lactones) is 1. The van der Waals surface area contributed by atoms with Crippen molar-refractivity contribution in [3.63, 3.8) is 0 Å². The first-order valence-corrected chi connectivity index (χ1v) is 6.16. The lowest BCUT2D eigenvalue weighted by Gasteiger charge is -2.33. The molecule has 0 bridgehead atoms. The molecule has 1 fully saturated rings. The van der Waals surface area contributed by atoms with Gasteiger partial charge in [0.05, 0.1) is 0 Å². The molecule has 0 aromatic heterocycles. The first-order valence-electron chi connectivity index (χ1n) is 6.16. The van der Waals surface area contributed by atoms with Gasteiger partial charge in [-0.05, 0) is 32.1 Å². The Morgan fingerprint density at radius 1 is 1.53 bits per heavy atom. The van der Waals surface area contributed by atoms with Crippen LogP contribution in [0.2, 0.25) is 0 Å². The van der Waals surface area contributed by atoms with E-state index in [9.17, 15) is 14.7 Å². The van der Waals surface area contributed by atoms with Gasteiger partial charge in [-0.1, -0.05) is 6.92 Å². The Kier molecular flexibility index (Phi) is 2.98. The normalized spacial score (nSPS) is 29.2. The summed E-state index contributed by atoms with van der Waals surface area (Å²) in [5.41, 5.74) is -0.748. The van der Waals surface area contributed by atoms with Crippen molar-refractivity contribution in [3.05, 3.63) is 11.3 Å². The van der Waals surface area contributed by atoms with Gasteiger partial charge in [0.1, 0.15) is 16.9 Å². The van der Waals surface area contributed by atoms with Gasteiger partial charge >= 0.3 is 5.97 Å². The second-order valence-electron chi connectivity index (χ2n) is 5.15. The third kappa shape index (κ3) is 2.21. The number of ether oxygens (including phenoxy) is 1. The smallest absolute Gasteiger partial charge is 0.345 e. The lowest BCUT2D eigenvalue weighted by atomic mass is 9.89. The van der Waals surface area contributed by atoms with E-state index < -0.39 is 11.6 Å². The molecule has 1 unspecified atom stereocenters. The molecule has 2 rings (SSSR count). The number of rotatable bonds is 4. The van der Waals surface area contributed by atoms with Crippen LogP contribution in [0.3, 0.4) is 0 Å². The van der Waals surface area contributed by atoms with Crippen LogP contribution < -0.4 is 0 Å². The Balaban J connectivity index is 2.22. The van der Waals surface area contributed by atoms with Crippen LogP contribution in [0.5, 0.6) is 0 Å². The predicted octanol–water partition coefficient (Wildman–Crippen LogP) is 2.28. The predicted molar refractivity (Wildman–Crippen MR) is 61.4 cm³/mol. The van der Waals surface area contributed by atoms with Gasteiger partial charge in [-0.15, -0.1) is 0 Å². The van der Waals surface area contributed by atoms with Crippen molar-refractivity contribution in [3.8, 4) is 0 Å². The second-order valence-corrected chi connectivity index (χ2v) is 5.15. The first kappa shape index (κ1) is 12.1. The molecule has 0 radical (unpaired) electrons. The minimum absolute atomic E-state index is 0.0888. The third-order valence-corrected chi connectivity index (χ3v) is 3.53. The molecule has 0 spiro atoms. The Hall–Kier alpha value is -1.32. The maximum atomic E-state index is 11.8. The number of hydrogen-bond acceptors (Lipinski definition) is 4. The van der Waals surface area contributed by atoms with Crippen molar-refractivity contribution in [1.29, 1.82) is 0 Å². The van der Waals surface area contributed by atoms with Gasteiger partial charge in [0.25, 0.3) is 0 Å². The van der Waals surface area contributed by atoms with E-state index in [1.807, 2.05) is 13.8 Å². The third-order valence-electron chi connectivity index (χ3n) is 3.53. The van der Waals surface area contributed by atoms with E-state index in [2.05, 4.69) is 0 Å². The summed E-state index contributed by atoms with van der Waals surface area (Å²) in [5, 5.41) is 9.91. The average molecular weight is 238 g/mol. The van der Waals surface area contributed by atoms with Gasteiger partial charge in [0.15, 0.2) is 5.78 Å². The van der Waals surface area contributed by atoms with E-state index in [0.29, 0.717) is 12.3 Å². The summed E-state index contributed by atoms with van der Waals surface area (Å²) in [4.78, 5) is 23.5. The van der Waals surface area contributed by atoms with Crippen LogP contribution in [0.1, 0.15) is 46.0 Å². The number of esters is 1. The molecule has 0 saturated heterocycles. The Morgan fingerprint density at radius 2 is 2.18 bits per heavy atom. The van der Waals surface area contributed by atoms with Crippen molar-refractivity contribution in [2.45, 2.75) is 51.6 Å². The highest BCUT2D eigenvalue weighted by Gasteiger charge is 2.49. The largest absolute Gasteiger partial charge is 0.511 e. The van der Waals surface area contributed by atoms with Gasteiger partial charge in [-0.2, -0.15) is 0 Å². The van der Waals surface area contributed by atoms with Gasteiger partial charge in [-0.25, -0.2) is 4.79 Å². The molecule has 1 N–H and O–H groups in total. The van der Waals surface area contributed by atoms with Crippen LogP contribution in [0.15, 0.2) is 11.3 Å². The number of aliphatic hydroxyl groups excluding tert-OH is 1. The molecule has 94 valence electrons. The number of Topliss-reactive ketones (excluding diaryl/α,β-unsaturated/α-hetero) is 1. The fourth-order valence-corrected chi connectivity index (χ4v) is 2.39. The number of carbonyl (C=O) groups excluding carboxylic acids is 2. The van der Waals surface area contributed by atoms with Crippen LogP contribution in [0, 0.1) is 5.92 Å². The topological polar surface area (TPSA) is 63.6 Å². The molecule has 1 heterocycles. The highest BCUT2D eigenvalue weighted by Crippen LogP contribution is 2.47. The highest BCUT2D eigenvalue weighted by atomic mass is 16.6. The molecular formula is C13H18O4. The molecule has 4 heteroatoms. The molecule has 1 aliphatic carbocycles. The van der Waals surface area contributed by atoms with Gasteiger partial charge in [0, 0.05) is 12.8 Å². The maximum absolute atomic E-state index is 11.8. The second kappa shape index (κ2) is 4.17. The zero-order chi connectivity index (χ0) is 12.6. The summed E-state index contributed by atoms with van der Waals surface area (Å²) < 4.78 is 5.37. The molecule has 0 aromatic carbocycles. The lowest BCUT2D eigenvalue weighted by molar-refractivity contribution is -0.160. The summed E-state index contributed by atoms with van der Waals surface area (Å²) in [6.45, 7) is 3.69. The van der Waals surface area contributed by atoms with Crippen LogP contribution >= 0.6 is 0 Å². The van der Waals surface area contributed by atoms with E-state index in [1.54, 1.807) is 0 Å². The number of hydrogen-bond donors (Lipinski definition) is 1. The summed E-state index contributed by atoms with van der Waals surface area (Å²) in [7, 11) is 0. The molecule has 1 aliphatic heterocycles. The van der Waals surface area contributed by atoms with Crippen LogP contribution in [0.4, 0.5) is 0 Å². The molecule has 1 atom stereocenters. The fraction of sp³-hybridized carbons (Fsp3) is 0.692. The molecular weight excluding hydrogens is 220 g/mol. The minimum Gasteiger partial charge on any atom is -0.511 e. The monoisotopic (exact) mass is 238 g/mol. The molecule has 2 aliphatic rings. The Labute approximate surface area is 101 Å². The number of ketones is 1. The average Bonchev–Trinajstić information content (AvgIpc) is 2.98. The van der Waals surface area contributed by atoms with Crippen molar-refractivity contribution >= 4 is 11.8 Å². The van der Waals surface area contributed by atoms with Crippen molar-refractivity contribution in [1.82, 2.24) is 0 Å². The number of carbonyl (C=O) groups is 2. The molecule has 17 heavy (non-hydrogen) atoms. The van der Waals surface area contributed by atoms with Gasteiger partial charge in [-0.3, -0.25) is 4.79 Å². The zero-order valence-corrected chi connectivity index (χ0v) is 10.3. The van der Waals surface area contributed by atoms with Crippen molar-refractivity contribution in [2.24, 2.45) is 5.92 Å². The van der Waals surface area contributed by atoms with Crippen LogP contribution in [0.25, 0.3) is 0 Å². The fourth-order valence-electron chi connectivity index (χ4n) is 2.39. The summed E-state index contributed by atoms with van der Waals surface area (Å²) in [6.07, 6.45) is 3.25. The number of aliphatic hydroxyl groups is 1. The standard InChI is InChI=1S/C13H18O4/c1-3-4-9(14)11-10(15)7-13(2,8-5-6-8)17-12(11)16/h8,15H,3-7H2,1-2H3. The SMILES string of the molecule is CCCC(=O)C1=C(O)CC(C)(C2CC2)OC1=O. The summed E-state index contributed by atoms with van der Waals surface area (Å²) in [5.74, 6) is -0.722. The molecule has 0 amide bonds. The zero-order valence-electron chi connectivity index (χ0n) is 10.3. The van der Waals surface area contributed by atoms with Crippen molar-refractivity contribution < 1.29 is 19.4 Å². The highest BCUT2D eigenvalue weighted by molar-refractivity contribution is 6.18. The quantitative estimate of drug-likeness (QED) is 0.603. The first-order chi connectivity index (χ1) is 7.98. The minimum atomic E-state index is -0.651. The van der Waals surface area contributed by atoms with Gasteiger partial charge < -0.3 is 9.84 Å². The summed E-state index contributed by atoms with van der Waals surface area (Å²) in [6, 6.07) is 0. The van der Waals surface area contributed by atoms with E-state index in [4.69, 9.17) is 4.74 Å². The van der Waals surface area contributed by atoms with Crippen LogP contribution in [-0.4, -0.2) is 22.5 Å². The Bertz CT molecular complexity index is 392.